The lowest BCUT2D eigenvalue weighted by atomic mass is 9.72. The summed E-state index contributed by atoms with van der Waals surface area (Å²) in [5, 5.41) is 0. The molecule has 1 saturated carbocycles. The smallest absolute Gasteiger partial charge is 0.165 e. The van der Waals surface area contributed by atoms with Crippen LogP contribution < -0.4 is 10.5 Å². The van der Waals surface area contributed by atoms with Gasteiger partial charge in [-0.25, -0.2) is 4.39 Å². The van der Waals surface area contributed by atoms with Crippen molar-refractivity contribution in [1.29, 1.82) is 0 Å². The molecule has 1 aromatic rings. The molecule has 3 unspecified atom stereocenters. The standard InChI is InChI=1S/C16H24FNO/c1-10-6-11(2)8-13(7-10)16(18)12-4-5-14(17)15(9-12)19-3/h4-5,9-11,13,16H,6-8,18H2,1-3H3. The van der Waals surface area contributed by atoms with Gasteiger partial charge in [0.15, 0.2) is 11.6 Å². The van der Waals surface area contributed by atoms with Gasteiger partial charge in [-0.05, 0) is 54.7 Å². The van der Waals surface area contributed by atoms with E-state index in [0.29, 0.717) is 5.92 Å². The Morgan fingerprint density at radius 1 is 1.21 bits per heavy atom. The van der Waals surface area contributed by atoms with E-state index < -0.39 is 0 Å². The Morgan fingerprint density at radius 2 is 1.84 bits per heavy atom. The number of ether oxygens (including phenoxy) is 1. The second kappa shape index (κ2) is 5.91. The molecule has 0 aromatic heterocycles. The first kappa shape index (κ1) is 14.3. The van der Waals surface area contributed by atoms with Gasteiger partial charge < -0.3 is 10.5 Å². The number of benzene rings is 1. The van der Waals surface area contributed by atoms with E-state index in [-0.39, 0.29) is 17.6 Å². The lowest BCUT2D eigenvalue weighted by Gasteiger charge is -2.35. The molecule has 0 amide bonds. The molecule has 2 rings (SSSR count). The third kappa shape index (κ3) is 3.27. The Morgan fingerprint density at radius 3 is 2.42 bits per heavy atom. The molecule has 1 aliphatic carbocycles. The number of methoxy groups -OCH3 is 1. The second-order valence-electron chi connectivity index (χ2n) is 6.10. The molecule has 1 fully saturated rings. The van der Waals surface area contributed by atoms with Crippen LogP contribution >= 0.6 is 0 Å². The van der Waals surface area contributed by atoms with Crippen molar-refractivity contribution in [2.75, 3.05) is 7.11 Å². The Bertz CT molecular complexity index is 425. The maximum Gasteiger partial charge on any atom is 0.165 e. The van der Waals surface area contributed by atoms with Crippen LogP contribution in [0.3, 0.4) is 0 Å². The van der Waals surface area contributed by atoms with Crippen molar-refractivity contribution in [3.05, 3.63) is 29.6 Å². The zero-order valence-electron chi connectivity index (χ0n) is 12.0. The highest BCUT2D eigenvalue weighted by Crippen LogP contribution is 2.39. The summed E-state index contributed by atoms with van der Waals surface area (Å²) in [5.74, 6) is 1.88. The van der Waals surface area contributed by atoms with Crippen LogP contribution in [0.5, 0.6) is 5.75 Å². The Kier molecular flexibility index (Phi) is 4.46. The molecular weight excluding hydrogens is 241 g/mol. The van der Waals surface area contributed by atoms with E-state index in [4.69, 9.17) is 10.5 Å². The minimum atomic E-state index is -0.330. The molecule has 3 atom stereocenters. The van der Waals surface area contributed by atoms with Crippen molar-refractivity contribution in [1.82, 2.24) is 0 Å². The first-order valence-corrected chi connectivity index (χ1v) is 7.10. The maximum absolute atomic E-state index is 13.4. The van der Waals surface area contributed by atoms with E-state index >= 15 is 0 Å². The maximum atomic E-state index is 13.4. The van der Waals surface area contributed by atoms with Crippen molar-refractivity contribution < 1.29 is 9.13 Å². The van der Waals surface area contributed by atoms with Crippen molar-refractivity contribution in [2.24, 2.45) is 23.5 Å². The molecule has 1 aromatic carbocycles. The minimum Gasteiger partial charge on any atom is -0.494 e. The summed E-state index contributed by atoms with van der Waals surface area (Å²) in [6.07, 6.45) is 3.60. The van der Waals surface area contributed by atoms with E-state index in [0.717, 1.165) is 30.2 Å². The highest BCUT2D eigenvalue weighted by Gasteiger charge is 2.29. The van der Waals surface area contributed by atoms with Crippen LogP contribution in [-0.2, 0) is 0 Å². The normalized spacial score (nSPS) is 29.0. The topological polar surface area (TPSA) is 35.2 Å². The van der Waals surface area contributed by atoms with Gasteiger partial charge in [0.2, 0.25) is 0 Å². The summed E-state index contributed by atoms with van der Waals surface area (Å²) in [7, 11) is 1.48. The van der Waals surface area contributed by atoms with Gasteiger partial charge in [-0.15, -0.1) is 0 Å². The molecule has 0 radical (unpaired) electrons. The molecule has 0 aliphatic heterocycles. The van der Waals surface area contributed by atoms with Crippen LogP contribution in [0.25, 0.3) is 0 Å². The first-order chi connectivity index (χ1) is 9.01. The number of halogens is 1. The Hall–Kier alpha value is -1.09. The summed E-state index contributed by atoms with van der Waals surface area (Å²) in [4.78, 5) is 0. The highest BCUT2D eigenvalue weighted by molar-refractivity contribution is 5.32. The molecule has 3 heteroatoms. The van der Waals surface area contributed by atoms with Crippen molar-refractivity contribution in [3.8, 4) is 5.75 Å². The van der Waals surface area contributed by atoms with Gasteiger partial charge in [0.25, 0.3) is 0 Å². The van der Waals surface area contributed by atoms with Crippen LogP contribution in [0, 0.1) is 23.6 Å². The summed E-state index contributed by atoms with van der Waals surface area (Å²) >= 11 is 0. The Labute approximate surface area is 115 Å². The molecule has 1 aliphatic rings. The second-order valence-corrected chi connectivity index (χ2v) is 6.10. The third-order valence-corrected chi connectivity index (χ3v) is 4.28. The van der Waals surface area contributed by atoms with E-state index in [1.807, 2.05) is 0 Å². The number of nitrogens with two attached hydrogens (primary N) is 1. The summed E-state index contributed by atoms with van der Waals surface area (Å²) in [6.45, 7) is 4.58. The molecule has 2 N–H and O–H groups in total. The number of rotatable bonds is 3. The molecule has 106 valence electrons. The highest BCUT2D eigenvalue weighted by atomic mass is 19.1. The third-order valence-electron chi connectivity index (χ3n) is 4.28. The fraction of sp³-hybridized carbons (Fsp3) is 0.625. The van der Waals surface area contributed by atoms with Gasteiger partial charge in [0, 0.05) is 6.04 Å². The van der Waals surface area contributed by atoms with Gasteiger partial charge in [-0.1, -0.05) is 19.9 Å². The molecule has 2 nitrogen and oxygen atoms in total. The van der Waals surface area contributed by atoms with Crippen molar-refractivity contribution in [3.63, 3.8) is 0 Å². The van der Waals surface area contributed by atoms with Gasteiger partial charge in [0.1, 0.15) is 0 Å². The van der Waals surface area contributed by atoms with E-state index in [1.165, 1.54) is 19.6 Å². The molecule has 19 heavy (non-hydrogen) atoms. The minimum absolute atomic E-state index is 0.0281. The van der Waals surface area contributed by atoms with Gasteiger partial charge >= 0.3 is 0 Å². The molecular formula is C16H24FNO. The zero-order chi connectivity index (χ0) is 14.0. The largest absolute Gasteiger partial charge is 0.494 e. The van der Waals surface area contributed by atoms with Gasteiger partial charge in [-0.2, -0.15) is 0 Å². The monoisotopic (exact) mass is 265 g/mol. The average molecular weight is 265 g/mol. The van der Waals surface area contributed by atoms with Gasteiger partial charge in [-0.3, -0.25) is 0 Å². The summed E-state index contributed by atoms with van der Waals surface area (Å²) < 4.78 is 18.5. The quantitative estimate of drug-likeness (QED) is 0.899. The van der Waals surface area contributed by atoms with Crippen molar-refractivity contribution >= 4 is 0 Å². The predicted molar refractivity (Wildman–Crippen MR) is 75.5 cm³/mol. The molecule has 0 bridgehead atoms. The molecule has 0 spiro atoms. The van der Waals surface area contributed by atoms with E-state index in [2.05, 4.69) is 13.8 Å². The first-order valence-electron chi connectivity index (χ1n) is 7.10. The Balaban J connectivity index is 2.16. The summed E-state index contributed by atoms with van der Waals surface area (Å²) in [6, 6.07) is 4.94. The van der Waals surface area contributed by atoms with Gasteiger partial charge in [0.05, 0.1) is 7.11 Å². The SMILES string of the molecule is COc1cc(C(N)C2CC(C)CC(C)C2)ccc1F. The van der Waals surface area contributed by atoms with Crippen LogP contribution in [-0.4, -0.2) is 7.11 Å². The van der Waals surface area contributed by atoms with E-state index in [1.54, 1.807) is 12.1 Å². The van der Waals surface area contributed by atoms with Crippen LogP contribution in [0.2, 0.25) is 0 Å². The predicted octanol–water partition coefficient (Wildman–Crippen LogP) is 3.91. The fourth-order valence-electron chi connectivity index (χ4n) is 3.46. The average Bonchev–Trinajstić information content (AvgIpc) is 2.37. The molecule has 0 saturated heterocycles. The van der Waals surface area contributed by atoms with E-state index in [9.17, 15) is 4.39 Å². The van der Waals surface area contributed by atoms with Crippen molar-refractivity contribution in [2.45, 2.75) is 39.2 Å². The molecule has 0 heterocycles. The number of hydrogen-bond donors (Lipinski definition) is 1. The lowest BCUT2D eigenvalue weighted by Crippen LogP contribution is -2.29. The lowest BCUT2D eigenvalue weighted by molar-refractivity contribution is 0.193. The summed E-state index contributed by atoms with van der Waals surface area (Å²) in [5.41, 5.74) is 7.37. The van der Waals surface area contributed by atoms with Crippen LogP contribution in [0.1, 0.15) is 44.7 Å². The van der Waals surface area contributed by atoms with Crippen LogP contribution in [0.15, 0.2) is 18.2 Å². The van der Waals surface area contributed by atoms with Crippen LogP contribution in [0.4, 0.5) is 4.39 Å². The zero-order valence-corrected chi connectivity index (χ0v) is 12.0. The number of hydrogen-bond acceptors (Lipinski definition) is 2. The fourth-order valence-corrected chi connectivity index (χ4v) is 3.46.